The molecule has 2 aromatic rings. The second-order valence-electron chi connectivity index (χ2n) is 4.69. The van der Waals surface area contributed by atoms with Crippen LogP contribution in [0.3, 0.4) is 0 Å². The van der Waals surface area contributed by atoms with E-state index in [9.17, 15) is 4.79 Å². The van der Waals surface area contributed by atoms with Gasteiger partial charge in [0.1, 0.15) is 0 Å². The predicted molar refractivity (Wildman–Crippen MR) is 91.0 cm³/mol. The van der Waals surface area contributed by atoms with Crippen molar-refractivity contribution in [2.45, 2.75) is 18.2 Å². The number of nitrogens with one attached hydrogen (secondary N) is 1. The van der Waals surface area contributed by atoms with Gasteiger partial charge >= 0.3 is 0 Å². The van der Waals surface area contributed by atoms with Crippen LogP contribution in [0, 0.1) is 6.92 Å². The third kappa shape index (κ3) is 4.99. The van der Waals surface area contributed by atoms with Crippen molar-refractivity contribution in [1.82, 2.24) is 0 Å². The molecule has 0 radical (unpaired) electrons. The lowest BCUT2D eigenvalue weighted by atomic mass is 10.2. The van der Waals surface area contributed by atoms with Crippen LogP contribution >= 0.6 is 23.4 Å². The van der Waals surface area contributed by atoms with Crippen molar-refractivity contribution >= 4 is 40.6 Å². The molecule has 2 rings (SSSR count). The van der Waals surface area contributed by atoms with Gasteiger partial charge in [-0.15, -0.1) is 11.8 Å². The lowest BCUT2D eigenvalue weighted by Gasteiger charge is -2.08. The summed E-state index contributed by atoms with van der Waals surface area (Å²) in [6.45, 7) is 2.05. The first-order valence-electron chi connectivity index (χ1n) is 6.59. The summed E-state index contributed by atoms with van der Waals surface area (Å²) in [5.74, 6) is 0.672. The molecule has 0 aliphatic carbocycles. The number of carbonyl (C=O) groups excluding carboxylic acids is 1. The second-order valence-corrected chi connectivity index (χ2v) is 6.30. The van der Waals surface area contributed by atoms with Gasteiger partial charge in [-0.1, -0.05) is 29.3 Å². The van der Waals surface area contributed by atoms with Crippen LogP contribution in [0.5, 0.6) is 0 Å². The molecule has 0 bridgehead atoms. The Labute approximate surface area is 133 Å². The molecule has 0 saturated carbocycles. The molecule has 0 spiro atoms. The van der Waals surface area contributed by atoms with Crippen molar-refractivity contribution < 1.29 is 4.79 Å². The van der Waals surface area contributed by atoms with Crippen LogP contribution < -0.4 is 11.1 Å². The molecule has 2 aromatic carbocycles. The first kappa shape index (κ1) is 15.7. The molecule has 3 N–H and O–H groups in total. The summed E-state index contributed by atoms with van der Waals surface area (Å²) in [5, 5.41) is 3.35. The van der Waals surface area contributed by atoms with E-state index in [1.807, 2.05) is 0 Å². The molecule has 0 atom stereocenters. The Morgan fingerprint density at radius 2 is 1.95 bits per heavy atom. The number of rotatable bonds is 5. The number of nitrogen functional groups attached to an aromatic ring is 1. The van der Waals surface area contributed by atoms with Crippen molar-refractivity contribution in [3.05, 3.63) is 53.1 Å². The van der Waals surface area contributed by atoms with Crippen LogP contribution in [-0.4, -0.2) is 11.7 Å². The van der Waals surface area contributed by atoms with E-state index in [1.165, 1.54) is 10.5 Å². The normalized spacial score (nSPS) is 10.4. The van der Waals surface area contributed by atoms with Crippen molar-refractivity contribution in [3.8, 4) is 0 Å². The van der Waals surface area contributed by atoms with Crippen molar-refractivity contribution in [2.24, 2.45) is 0 Å². The highest BCUT2D eigenvalue weighted by atomic mass is 35.5. The third-order valence-electron chi connectivity index (χ3n) is 2.91. The average molecular weight is 321 g/mol. The minimum absolute atomic E-state index is 0.0522. The van der Waals surface area contributed by atoms with E-state index < -0.39 is 0 Å². The highest BCUT2D eigenvalue weighted by Gasteiger charge is 2.06. The average Bonchev–Trinajstić information content (AvgIpc) is 2.44. The van der Waals surface area contributed by atoms with E-state index in [0.29, 0.717) is 22.8 Å². The summed E-state index contributed by atoms with van der Waals surface area (Å²) in [7, 11) is 0. The molecule has 1 amide bonds. The van der Waals surface area contributed by atoms with Crippen molar-refractivity contribution in [1.29, 1.82) is 0 Å². The summed E-state index contributed by atoms with van der Waals surface area (Å²) >= 11 is 7.48. The molecule has 0 saturated heterocycles. The molecule has 0 heterocycles. The van der Waals surface area contributed by atoms with Gasteiger partial charge in [-0.3, -0.25) is 4.79 Å². The number of carbonyl (C=O) groups is 1. The molecular weight excluding hydrogens is 304 g/mol. The smallest absolute Gasteiger partial charge is 0.225 e. The Hall–Kier alpha value is -1.65. The van der Waals surface area contributed by atoms with E-state index in [-0.39, 0.29) is 5.91 Å². The van der Waals surface area contributed by atoms with E-state index in [4.69, 9.17) is 17.3 Å². The molecule has 3 nitrogen and oxygen atoms in total. The molecule has 21 heavy (non-hydrogen) atoms. The number of amides is 1. The maximum atomic E-state index is 11.9. The zero-order valence-corrected chi connectivity index (χ0v) is 13.3. The summed E-state index contributed by atoms with van der Waals surface area (Å²) in [6, 6.07) is 13.3. The van der Waals surface area contributed by atoms with Gasteiger partial charge in [0.15, 0.2) is 0 Å². The number of halogens is 1. The molecule has 0 unspecified atom stereocenters. The molecule has 110 valence electrons. The standard InChI is InChI=1S/C16H17ClN2OS/c1-11-2-5-13(6-3-11)21-9-8-16(20)19-15-7-4-12(17)10-14(15)18/h2-7,10H,8-9,18H2,1H3,(H,19,20). The van der Waals surface area contributed by atoms with Crippen molar-refractivity contribution in [2.75, 3.05) is 16.8 Å². The monoisotopic (exact) mass is 320 g/mol. The number of thioether (sulfide) groups is 1. The van der Waals surface area contributed by atoms with Crippen LogP contribution in [-0.2, 0) is 4.79 Å². The Balaban J connectivity index is 1.81. The Morgan fingerprint density at radius 3 is 2.62 bits per heavy atom. The van der Waals surface area contributed by atoms with Crippen LogP contribution in [0.2, 0.25) is 5.02 Å². The van der Waals surface area contributed by atoms with Gasteiger partial charge in [-0.25, -0.2) is 0 Å². The predicted octanol–water partition coefficient (Wildman–Crippen LogP) is 4.35. The Morgan fingerprint density at radius 1 is 1.24 bits per heavy atom. The topological polar surface area (TPSA) is 55.1 Å². The molecule has 0 aliphatic rings. The van der Waals surface area contributed by atoms with Gasteiger partial charge in [0.2, 0.25) is 5.91 Å². The largest absolute Gasteiger partial charge is 0.397 e. The Bertz CT molecular complexity index is 629. The summed E-state index contributed by atoms with van der Waals surface area (Å²) in [4.78, 5) is 13.0. The molecule has 0 fully saturated rings. The number of nitrogens with two attached hydrogens (primary N) is 1. The summed E-state index contributed by atoms with van der Waals surface area (Å²) in [5.41, 5.74) is 8.11. The zero-order chi connectivity index (χ0) is 15.2. The fraction of sp³-hybridized carbons (Fsp3) is 0.188. The number of anilines is 2. The molecule has 5 heteroatoms. The lowest BCUT2D eigenvalue weighted by Crippen LogP contribution is -2.13. The fourth-order valence-electron chi connectivity index (χ4n) is 1.76. The second kappa shape index (κ2) is 7.38. The maximum absolute atomic E-state index is 11.9. The first-order chi connectivity index (χ1) is 10.0. The third-order valence-corrected chi connectivity index (χ3v) is 4.16. The molecular formula is C16H17ClN2OS. The van der Waals surface area contributed by atoms with Crippen LogP contribution in [0.15, 0.2) is 47.4 Å². The summed E-state index contributed by atoms with van der Waals surface area (Å²) < 4.78 is 0. The van der Waals surface area contributed by atoms with Gasteiger partial charge in [0.05, 0.1) is 11.4 Å². The quantitative estimate of drug-likeness (QED) is 0.636. The Kier molecular flexibility index (Phi) is 5.53. The van der Waals surface area contributed by atoms with Gasteiger partial charge in [-0.05, 0) is 37.3 Å². The summed E-state index contributed by atoms with van der Waals surface area (Å²) in [6.07, 6.45) is 0.431. The maximum Gasteiger partial charge on any atom is 0.225 e. The SMILES string of the molecule is Cc1ccc(SCCC(=O)Nc2ccc(Cl)cc2N)cc1. The van der Waals surface area contributed by atoms with Crippen LogP contribution in [0.1, 0.15) is 12.0 Å². The molecule has 0 aliphatic heterocycles. The minimum Gasteiger partial charge on any atom is -0.397 e. The lowest BCUT2D eigenvalue weighted by molar-refractivity contribution is -0.115. The van der Waals surface area contributed by atoms with Gasteiger partial charge < -0.3 is 11.1 Å². The minimum atomic E-state index is -0.0522. The van der Waals surface area contributed by atoms with Crippen molar-refractivity contribution in [3.63, 3.8) is 0 Å². The zero-order valence-electron chi connectivity index (χ0n) is 11.7. The van der Waals surface area contributed by atoms with Crippen LogP contribution in [0.25, 0.3) is 0 Å². The fourth-order valence-corrected chi connectivity index (χ4v) is 2.79. The van der Waals surface area contributed by atoms with Gasteiger partial charge in [0, 0.05) is 22.1 Å². The number of benzene rings is 2. The van der Waals surface area contributed by atoms with Gasteiger partial charge in [-0.2, -0.15) is 0 Å². The highest BCUT2D eigenvalue weighted by Crippen LogP contribution is 2.23. The van der Waals surface area contributed by atoms with Crippen LogP contribution in [0.4, 0.5) is 11.4 Å². The first-order valence-corrected chi connectivity index (χ1v) is 7.95. The van der Waals surface area contributed by atoms with Gasteiger partial charge in [0.25, 0.3) is 0 Å². The molecule has 0 aromatic heterocycles. The van der Waals surface area contributed by atoms with E-state index >= 15 is 0 Å². The number of aryl methyl sites for hydroxylation is 1. The van der Waals surface area contributed by atoms with E-state index in [0.717, 1.165) is 5.75 Å². The van der Waals surface area contributed by atoms with E-state index in [1.54, 1.807) is 30.0 Å². The number of hydrogen-bond donors (Lipinski definition) is 2. The van der Waals surface area contributed by atoms with E-state index in [2.05, 4.69) is 36.5 Å². The highest BCUT2D eigenvalue weighted by molar-refractivity contribution is 7.99. The number of hydrogen-bond acceptors (Lipinski definition) is 3.